The van der Waals surface area contributed by atoms with Crippen molar-refractivity contribution in [2.24, 2.45) is 0 Å². The van der Waals surface area contributed by atoms with E-state index < -0.39 is 5.97 Å². The summed E-state index contributed by atoms with van der Waals surface area (Å²) in [5, 5.41) is 10.00. The molecule has 0 spiro atoms. The summed E-state index contributed by atoms with van der Waals surface area (Å²) >= 11 is 10.2. The minimum absolute atomic E-state index is 0.0564. The Morgan fingerprint density at radius 3 is 2.78 bits per heavy atom. The maximum absolute atomic E-state index is 11.0. The lowest BCUT2D eigenvalue weighted by atomic mass is 9.93. The standard InChI is InChI=1S/C12H11ClN2O2S/c13-9-4-2-1-3-7(9)8(5-11(16)17)10-6-14-12(18)15-10/h1-4,6,8H,5H2,(H,16,17)(H2,14,15,18). The van der Waals surface area contributed by atoms with Gasteiger partial charge in [-0.2, -0.15) is 0 Å². The van der Waals surface area contributed by atoms with Crippen LogP contribution >= 0.6 is 24.2 Å². The molecule has 94 valence electrons. The van der Waals surface area contributed by atoms with Gasteiger partial charge in [0, 0.05) is 22.8 Å². The monoisotopic (exact) mass is 282 g/mol. The van der Waals surface area contributed by atoms with Crippen molar-refractivity contribution in [1.29, 1.82) is 0 Å². The maximum Gasteiger partial charge on any atom is 0.304 e. The van der Waals surface area contributed by atoms with Crippen LogP contribution in [0.1, 0.15) is 23.6 Å². The highest BCUT2D eigenvalue weighted by molar-refractivity contribution is 7.80. The second-order valence-electron chi connectivity index (χ2n) is 3.83. The third-order valence-corrected chi connectivity index (χ3v) is 3.19. The van der Waals surface area contributed by atoms with Crippen molar-refractivity contribution >= 4 is 30.2 Å². The molecule has 0 saturated carbocycles. The van der Waals surface area contributed by atoms with E-state index in [4.69, 9.17) is 16.7 Å². The van der Waals surface area contributed by atoms with Gasteiger partial charge in [-0.25, -0.2) is 4.98 Å². The van der Waals surface area contributed by atoms with E-state index in [2.05, 4.69) is 22.6 Å². The number of H-pyrrole nitrogens is 1. The summed E-state index contributed by atoms with van der Waals surface area (Å²) in [6.45, 7) is 0. The van der Waals surface area contributed by atoms with Gasteiger partial charge in [-0.3, -0.25) is 4.79 Å². The fourth-order valence-electron chi connectivity index (χ4n) is 1.82. The van der Waals surface area contributed by atoms with Gasteiger partial charge in [-0.1, -0.05) is 29.8 Å². The van der Waals surface area contributed by atoms with Crippen LogP contribution < -0.4 is 0 Å². The number of benzene rings is 1. The molecular formula is C12H11ClN2O2S. The molecule has 1 unspecified atom stereocenters. The summed E-state index contributed by atoms with van der Waals surface area (Å²) in [5.74, 6) is -1.25. The molecule has 0 aliphatic heterocycles. The van der Waals surface area contributed by atoms with Crippen LogP contribution in [0.25, 0.3) is 0 Å². The van der Waals surface area contributed by atoms with Crippen LogP contribution in [0.3, 0.4) is 0 Å². The Balaban J connectivity index is 2.43. The van der Waals surface area contributed by atoms with Crippen molar-refractivity contribution < 1.29 is 9.90 Å². The minimum Gasteiger partial charge on any atom is -0.481 e. The predicted octanol–water partition coefficient (Wildman–Crippen LogP) is 2.96. The highest BCUT2D eigenvalue weighted by Crippen LogP contribution is 2.32. The maximum atomic E-state index is 11.0. The van der Waals surface area contributed by atoms with Crippen LogP contribution in [0, 0.1) is 0 Å². The van der Waals surface area contributed by atoms with Crippen LogP contribution in [0.4, 0.5) is 0 Å². The van der Waals surface area contributed by atoms with E-state index in [1.165, 1.54) is 0 Å². The molecule has 1 atom stereocenters. The number of carboxylic acid groups (broad SMARTS) is 1. The van der Waals surface area contributed by atoms with Crippen LogP contribution in [0.5, 0.6) is 0 Å². The van der Waals surface area contributed by atoms with Crippen LogP contribution in [0.15, 0.2) is 35.6 Å². The first-order valence-corrected chi connectivity index (χ1v) is 6.10. The molecule has 0 radical (unpaired) electrons. The normalized spacial score (nSPS) is 12.3. The van der Waals surface area contributed by atoms with Gasteiger partial charge in [-0.15, -0.1) is 12.6 Å². The third kappa shape index (κ3) is 2.86. The number of imidazole rings is 1. The summed E-state index contributed by atoms with van der Waals surface area (Å²) < 4.78 is 0. The Labute approximate surface area is 114 Å². The largest absolute Gasteiger partial charge is 0.481 e. The number of carbonyl (C=O) groups is 1. The molecule has 1 aromatic carbocycles. The molecule has 2 rings (SSSR count). The highest BCUT2D eigenvalue weighted by atomic mass is 35.5. The Hall–Kier alpha value is -1.46. The van der Waals surface area contributed by atoms with Crippen molar-refractivity contribution in [2.75, 3.05) is 0 Å². The minimum atomic E-state index is -0.893. The van der Waals surface area contributed by atoms with E-state index in [1.54, 1.807) is 18.3 Å². The molecule has 2 N–H and O–H groups in total. The van der Waals surface area contributed by atoms with Crippen LogP contribution in [-0.2, 0) is 4.79 Å². The molecule has 6 heteroatoms. The summed E-state index contributed by atoms with van der Waals surface area (Å²) in [6.07, 6.45) is 1.53. The number of nitrogens with one attached hydrogen (secondary N) is 1. The molecule has 0 amide bonds. The van der Waals surface area contributed by atoms with Crippen LogP contribution in [-0.4, -0.2) is 21.0 Å². The Morgan fingerprint density at radius 2 is 2.22 bits per heavy atom. The van der Waals surface area contributed by atoms with Gasteiger partial charge < -0.3 is 10.1 Å². The van der Waals surface area contributed by atoms with Gasteiger partial charge in [-0.05, 0) is 11.6 Å². The number of hydrogen-bond acceptors (Lipinski definition) is 3. The number of hydrogen-bond donors (Lipinski definition) is 3. The highest BCUT2D eigenvalue weighted by Gasteiger charge is 2.21. The summed E-state index contributed by atoms with van der Waals surface area (Å²) in [5.41, 5.74) is 1.45. The molecule has 18 heavy (non-hydrogen) atoms. The van der Waals surface area contributed by atoms with Gasteiger partial charge in [0.15, 0.2) is 5.16 Å². The van der Waals surface area contributed by atoms with Crippen molar-refractivity contribution in [3.8, 4) is 0 Å². The fraction of sp³-hybridized carbons (Fsp3) is 0.167. The average Bonchev–Trinajstić information content (AvgIpc) is 2.73. The lowest BCUT2D eigenvalue weighted by Gasteiger charge is -2.15. The predicted molar refractivity (Wildman–Crippen MR) is 71.4 cm³/mol. The lowest BCUT2D eigenvalue weighted by molar-refractivity contribution is -0.137. The summed E-state index contributed by atoms with van der Waals surface area (Å²) in [7, 11) is 0. The number of aromatic nitrogens is 2. The lowest BCUT2D eigenvalue weighted by Crippen LogP contribution is -2.09. The van der Waals surface area contributed by atoms with E-state index in [0.717, 1.165) is 5.56 Å². The average molecular weight is 283 g/mol. The Morgan fingerprint density at radius 1 is 1.50 bits per heavy atom. The smallest absolute Gasteiger partial charge is 0.304 e. The SMILES string of the molecule is O=C(O)CC(c1cnc(S)[nH]1)c1ccccc1Cl. The molecule has 0 fully saturated rings. The number of carboxylic acids is 1. The molecular weight excluding hydrogens is 272 g/mol. The zero-order valence-corrected chi connectivity index (χ0v) is 10.9. The number of halogens is 1. The molecule has 1 aromatic heterocycles. The van der Waals surface area contributed by atoms with Gasteiger partial charge in [0.2, 0.25) is 0 Å². The summed E-state index contributed by atoms with van der Waals surface area (Å²) in [4.78, 5) is 17.9. The second-order valence-corrected chi connectivity index (χ2v) is 4.66. The number of aromatic amines is 1. The van der Waals surface area contributed by atoms with E-state index in [0.29, 0.717) is 15.9 Å². The van der Waals surface area contributed by atoms with E-state index in [9.17, 15) is 4.79 Å². The summed E-state index contributed by atoms with van der Waals surface area (Å²) in [6, 6.07) is 7.19. The first-order valence-electron chi connectivity index (χ1n) is 5.28. The molecule has 0 aliphatic carbocycles. The van der Waals surface area contributed by atoms with Gasteiger partial charge in [0.25, 0.3) is 0 Å². The van der Waals surface area contributed by atoms with Gasteiger partial charge in [0.1, 0.15) is 0 Å². The van der Waals surface area contributed by atoms with Crippen molar-refractivity contribution in [3.05, 3.63) is 46.7 Å². The number of thiol groups is 1. The van der Waals surface area contributed by atoms with Crippen molar-refractivity contribution in [1.82, 2.24) is 9.97 Å². The fourth-order valence-corrected chi connectivity index (χ4v) is 2.28. The van der Waals surface area contributed by atoms with Gasteiger partial charge in [0.05, 0.1) is 6.42 Å². The zero-order valence-electron chi connectivity index (χ0n) is 9.30. The van der Waals surface area contributed by atoms with Crippen molar-refractivity contribution in [3.63, 3.8) is 0 Å². The number of rotatable bonds is 4. The number of aliphatic carboxylic acids is 1. The zero-order chi connectivity index (χ0) is 13.1. The van der Waals surface area contributed by atoms with Crippen molar-refractivity contribution in [2.45, 2.75) is 17.5 Å². The molecule has 2 aromatic rings. The molecule has 1 heterocycles. The molecule has 0 bridgehead atoms. The first-order chi connectivity index (χ1) is 8.58. The second kappa shape index (κ2) is 5.46. The van der Waals surface area contributed by atoms with Crippen LogP contribution in [0.2, 0.25) is 5.02 Å². The first kappa shape index (κ1) is 13.0. The number of nitrogens with zero attached hydrogens (tertiary/aromatic N) is 1. The topological polar surface area (TPSA) is 66.0 Å². The van der Waals surface area contributed by atoms with E-state index >= 15 is 0 Å². The third-order valence-electron chi connectivity index (χ3n) is 2.62. The molecule has 4 nitrogen and oxygen atoms in total. The Bertz CT molecular complexity index is 571. The van der Waals surface area contributed by atoms with E-state index in [-0.39, 0.29) is 12.3 Å². The Kier molecular flexibility index (Phi) is 3.93. The van der Waals surface area contributed by atoms with E-state index in [1.807, 2.05) is 12.1 Å². The quantitative estimate of drug-likeness (QED) is 0.755. The van der Waals surface area contributed by atoms with Gasteiger partial charge >= 0.3 is 5.97 Å². The molecule has 0 saturated heterocycles. The molecule has 0 aliphatic rings.